The highest BCUT2D eigenvalue weighted by Gasteiger charge is 2.19. The standard InChI is InChI=1S/C16H21ClN4/c1-13-4-3-5-14(10-13)21-8-6-20(7-9-21)12-16-18-11-15(17)19(16)2/h3-5,10-11H,6-9,12H2,1-2H3. The van der Waals surface area contributed by atoms with Crippen LogP contribution < -0.4 is 4.90 Å². The Kier molecular flexibility index (Phi) is 4.17. The third-order valence-electron chi connectivity index (χ3n) is 4.13. The summed E-state index contributed by atoms with van der Waals surface area (Å²) in [6.07, 6.45) is 1.72. The molecule has 0 amide bonds. The van der Waals surface area contributed by atoms with Gasteiger partial charge in [0, 0.05) is 38.9 Å². The number of piperazine rings is 1. The maximum atomic E-state index is 6.04. The van der Waals surface area contributed by atoms with E-state index >= 15 is 0 Å². The summed E-state index contributed by atoms with van der Waals surface area (Å²) in [5.41, 5.74) is 2.65. The molecule has 0 bridgehead atoms. The van der Waals surface area contributed by atoms with E-state index in [0.29, 0.717) is 5.15 Å². The molecule has 5 heteroatoms. The van der Waals surface area contributed by atoms with Crippen LogP contribution in [0.25, 0.3) is 0 Å². The number of benzene rings is 1. The maximum absolute atomic E-state index is 6.04. The van der Waals surface area contributed by atoms with Crippen LogP contribution >= 0.6 is 11.6 Å². The molecule has 0 spiro atoms. The monoisotopic (exact) mass is 304 g/mol. The van der Waals surface area contributed by atoms with Crippen molar-refractivity contribution in [2.45, 2.75) is 13.5 Å². The van der Waals surface area contributed by atoms with Crippen LogP contribution in [0.15, 0.2) is 30.5 Å². The number of imidazole rings is 1. The number of aryl methyl sites for hydroxylation is 1. The minimum Gasteiger partial charge on any atom is -0.369 e. The van der Waals surface area contributed by atoms with E-state index in [4.69, 9.17) is 11.6 Å². The van der Waals surface area contributed by atoms with Crippen molar-refractivity contribution in [3.63, 3.8) is 0 Å². The largest absolute Gasteiger partial charge is 0.369 e. The van der Waals surface area contributed by atoms with E-state index < -0.39 is 0 Å². The Hall–Kier alpha value is -1.52. The van der Waals surface area contributed by atoms with E-state index in [1.165, 1.54) is 11.3 Å². The quantitative estimate of drug-likeness (QED) is 0.871. The van der Waals surface area contributed by atoms with Gasteiger partial charge in [-0.05, 0) is 24.6 Å². The van der Waals surface area contributed by atoms with Crippen LogP contribution in [0, 0.1) is 6.92 Å². The number of anilines is 1. The first-order valence-corrected chi connectivity index (χ1v) is 7.71. The molecule has 1 aliphatic heterocycles. The first kappa shape index (κ1) is 14.4. The number of aromatic nitrogens is 2. The molecule has 1 fully saturated rings. The highest BCUT2D eigenvalue weighted by molar-refractivity contribution is 6.29. The normalized spacial score (nSPS) is 16.4. The Bertz CT molecular complexity index is 614. The van der Waals surface area contributed by atoms with E-state index in [1.807, 2.05) is 11.6 Å². The summed E-state index contributed by atoms with van der Waals surface area (Å²) in [4.78, 5) is 9.26. The van der Waals surface area contributed by atoms with Crippen molar-refractivity contribution in [2.24, 2.45) is 7.05 Å². The highest BCUT2D eigenvalue weighted by Crippen LogP contribution is 2.19. The molecule has 0 unspecified atom stereocenters. The molecule has 2 heterocycles. The van der Waals surface area contributed by atoms with E-state index in [0.717, 1.165) is 38.5 Å². The average molecular weight is 305 g/mol. The first-order valence-electron chi connectivity index (χ1n) is 7.33. The third kappa shape index (κ3) is 3.22. The van der Waals surface area contributed by atoms with Crippen molar-refractivity contribution in [1.82, 2.24) is 14.5 Å². The van der Waals surface area contributed by atoms with Gasteiger partial charge in [0.25, 0.3) is 0 Å². The number of rotatable bonds is 3. The van der Waals surface area contributed by atoms with Crippen molar-refractivity contribution in [1.29, 1.82) is 0 Å². The Morgan fingerprint density at radius 2 is 1.95 bits per heavy atom. The van der Waals surface area contributed by atoms with Gasteiger partial charge in [0.05, 0.1) is 12.7 Å². The van der Waals surface area contributed by atoms with E-state index in [1.54, 1.807) is 6.20 Å². The molecule has 1 aromatic heterocycles. The second kappa shape index (κ2) is 6.08. The zero-order valence-corrected chi connectivity index (χ0v) is 13.3. The van der Waals surface area contributed by atoms with Gasteiger partial charge in [-0.3, -0.25) is 4.90 Å². The summed E-state index contributed by atoms with van der Waals surface area (Å²) < 4.78 is 1.95. The maximum Gasteiger partial charge on any atom is 0.128 e. The van der Waals surface area contributed by atoms with Gasteiger partial charge in [-0.2, -0.15) is 0 Å². The molecule has 0 saturated carbocycles. The number of nitrogens with zero attached hydrogens (tertiary/aromatic N) is 4. The van der Waals surface area contributed by atoms with E-state index in [-0.39, 0.29) is 0 Å². The molecular formula is C16H21ClN4. The zero-order chi connectivity index (χ0) is 14.8. The molecule has 1 aromatic carbocycles. The lowest BCUT2D eigenvalue weighted by Gasteiger charge is -2.36. The topological polar surface area (TPSA) is 24.3 Å². The summed E-state index contributed by atoms with van der Waals surface area (Å²) in [7, 11) is 1.97. The number of hydrogen-bond acceptors (Lipinski definition) is 3. The molecule has 4 nitrogen and oxygen atoms in total. The summed E-state index contributed by atoms with van der Waals surface area (Å²) in [5, 5.41) is 0.698. The number of halogens is 1. The molecular weight excluding hydrogens is 284 g/mol. The van der Waals surface area contributed by atoms with Crippen molar-refractivity contribution in [3.05, 3.63) is 47.0 Å². The molecule has 112 valence electrons. The van der Waals surface area contributed by atoms with E-state index in [2.05, 4.69) is 46.0 Å². The minimum absolute atomic E-state index is 0.698. The summed E-state index contributed by atoms with van der Waals surface area (Å²) in [5.74, 6) is 1.03. The molecule has 0 N–H and O–H groups in total. The summed E-state index contributed by atoms with van der Waals surface area (Å²) in [6.45, 7) is 7.23. The van der Waals surface area contributed by atoms with Crippen molar-refractivity contribution < 1.29 is 0 Å². The molecule has 21 heavy (non-hydrogen) atoms. The smallest absolute Gasteiger partial charge is 0.128 e. The summed E-state index contributed by atoms with van der Waals surface area (Å²) >= 11 is 6.04. The van der Waals surface area contributed by atoms with Crippen LogP contribution in [0.5, 0.6) is 0 Å². The lowest BCUT2D eigenvalue weighted by Crippen LogP contribution is -2.46. The minimum atomic E-state index is 0.698. The third-order valence-corrected chi connectivity index (χ3v) is 4.48. The molecule has 0 aliphatic carbocycles. The van der Waals surface area contributed by atoms with Gasteiger partial charge in [-0.15, -0.1) is 0 Å². The lowest BCUT2D eigenvalue weighted by molar-refractivity contribution is 0.242. The molecule has 3 rings (SSSR count). The molecule has 2 aromatic rings. The van der Waals surface area contributed by atoms with Gasteiger partial charge in [-0.1, -0.05) is 23.7 Å². The van der Waals surface area contributed by atoms with Crippen molar-refractivity contribution in [2.75, 3.05) is 31.1 Å². The Balaban J connectivity index is 1.59. The Morgan fingerprint density at radius 3 is 2.57 bits per heavy atom. The molecule has 0 radical (unpaired) electrons. The second-order valence-electron chi connectivity index (χ2n) is 5.66. The lowest BCUT2D eigenvalue weighted by atomic mass is 10.2. The van der Waals surface area contributed by atoms with Crippen LogP contribution in [0.3, 0.4) is 0 Å². The van der Waals surface area contributed by atoms with Gasteiger partial charge in [0.1, 0.15) is 11.0 Å². The fraction of sp³-hybridized carbons (Fsp3) is 0.438. The van der Waals surface area contributed by atoms with Crippen LogP contribution in [0.1, 0.15) is 11.4 Å². The fourth-order valence-corrected chi connectivity index (χ4v) is 2.91. The molecule has 1 saturated heterocycles. The zero-order valence-electron chi connectivity index (χ0n) is 12.6. The predicted octanol–water partition coefficient (Wildman–Crippen LogP) is 2.70. The first-order chi connectivity index (χ1) is 10.1. The summed E-state index contributed by atoms with van der Waals surface area (Å²) in [6, 6.07) is 8.73. The Labute approximate surface area is 130 Å². The average Bonchev–Trinajstić information content (AvgIpc) is 2.80. The van der Waals surface area contributed by atoms with Gasteiger partial charge >= 0.3 is 0 Å². The Morgan fingerprint density at radius 1 is 1.19 bits per heavy atom. The van der Waals surface area contributed by atoms with Crippen LogP contribution in [0.4, 0.5) is 5.69 Å². The molecule has 1 aliphatic rings. The van der Waals surface area contributed by atoms with Gasteiger partial charge in [0.15, 0.2) is 0 Å². The van der Waals surface area contributed by atoms with Crippen LogP contribution in [-0.2, 0) is 13.6 Å². The molecule has 0 atom stereocenters. The van der Waals surface area contributed by atoms with Gasteiger partial charge < -0.3 is 9.47 Å². The number of hydrogen-bond donors (Lipinski definition) is 0. The van der Waals surface area contributed by atoms with Crippen molar-refractivity contribution >= 4 is 17.3 Å². The van der Waals surface area contributed by atoms with Crippen LogP contribution in [-0.4, -0.2) is 40.6 Å². The SMILES string of the molecule is Cc1cccc(N2CCN(Cc3ncc(Cl)n3C)CC2)c1. The predicted molar refractivity (Wildman–Crippen MR) is 86.9 cm³/mol. The van der Waals surface area contributed by atoms with Crippen molar-refractivity contribution in [3.8, 4) is 0 Å². The highest BCUT2D eigenvalue weighted by atomic mass is 35.5. The van der Waals surface area contributed by atoms with Gasteiger partial charge in [0.2, 0.25) is 0 Å². The van der Waals surface area contributed by atoms with Gasteiger partial charge in [-0.25, -0.2) is 4.98 Å². The second-order valence-corrected chi connectivity index (χ2v) is 6.05. The van der Waals surface area contributed by atoms with E-state index in [9.17, 15) is 0 Å². The van der Waals surface area contributed by atoms with Crippen LogP contribution in [0.2, 0.25) is 5.15 Å². The fourth-order valence-electron chi connectivity index (χ4n) is 2.76.